The van der Waals surface area contributed by atoms with E-state index in [1.165, 1.54) is 0 Å². The molecule has 0 radical (unpaired) electrons. The van der Waals surface area contributed by atoms with E-state index < -0.39 is 0 Å². The van der Waals surface area contributed by atoms with Crippen molar-refractivity contribution in [2.45, 2.75) is 0 Å². The molecule has 0 aliphatic carbocycles. The molecule has 0 aromatic heterocycles. The number of hydrazone groups is 1. The molecule has 1 amide bonds. The third-order valence-corrected chi connectivity index (χ3v) is 4.19. The van der Waals surface area contributed by atoms with E-state index in [0.717, 1.165) is 20.8 Å². The fraction of sp³-hybridized carbons (Fsp3) is 0.100. The van der Waals surface area contributed by atoms with Gasteiger partial charge in [0, 0.05) is 10.0 Å². The summed E-state index contributed by atoms with van der Waals surface area (Å²) in [5.41, 5.74) is 3.40. The minimum atomic E-state index is -0.355. The lowest BCUT2D eigenvalue weighted by atomic mass is 10.1. The molecule has 0 heterocycles. The SMILES string of the molecule is COc1cc(Br)ccc1OCC(=O)N/N=C\c1cccc2ccccc12. The van der Waals surface area contributed by atoms with Gasteiger partial charge in [0.1, 0.15) is 0 Å². The topological polar surface area (TPSA) is 59.9 Å². The lowest BCUT2D eigenvalue weighted by Crippen LogP contribution is -2.24. The Labute approximate surface area is 159 Å². The number of halogens is 1. The highest BCUT2D eigenvalue weighted by molar-refractivity contribution is 9.10. The molecule has 0 spiro atoms. The first kappa shape index (κ1) is 17.9. The summed E-state index contributed by atoms with van der Waals surface area (Å²) in [5.74, 6) is 0.682. The number of nitrogens with one attached hydrogen (secondary N) is 1. The van der Waals surface area contributed by atoms with Crippen molar-refractivity contribution in [3.05, 3.63) is 70.7 Å². The Morgan fingerprint density at radius 1 is 1.12 bits per heavy atom. The van der Waals surface area contributed by atoms with Gasteiger partial charge >= 0.3 is 0 Å². The lowest BCUT2D eigenvalue weighted by Gasteiger charge is -2.10. The van der Waals surface area contributed by atoms with Crippen LogP contribution in [0.2, 0.25) is 0 Å². The predicted octanol–water partition coefficient (Wildman–Crippen LogP) is 4.14. The summed E-state index contributed by atoms with van der Waals surface area (Å²) in [4.78, 5) is 11.9. The first-order valence-electron chi connectivity index (χ1n) is 7.93. The highest BCUT2D eigenvalue weighted by atomic mass is 79.9. The number of carbonyl (C=O) groups excluding carboxylic acids is 1. The minimum Gasteiger partial charge on any atom is -0.493 e. The fourth-order valence-electron chi connectivity index (χ4n) is 2.47. The van der Waals surface area contributed by atoms with Crippen LogP contribution in [0.25, 0.3) is 10.8 Å². The van der Waals surface area contributed by atoms with Crippen LogP contribution < -0.4 is 14.9 Å². The van der Waals surface area contributed by atoms with Crippen molar-refractivity contribution in [2.24, 2.45) is 5.10 Å². The molecular weight excluding hydrogens is 396 g/mol. The van der Waals surface area contributed by atoms with Gasteiger partial charge in [0.25, 0.3) is 5.91 Å². The number of amides is 1. The zero-order valence-electron chi connectivity index (χ0n) is 14.1. The fourth-order valence-corrected chi connectivity index (χ4v) is 2.81. The van der Waals surface area contributed by atoms with Crippen LogP contribution in [0.3, 0.4) is 0 Å². The minimum absolute atomic E-state index is 0.162. The van der Waals surface area contributed by atoms with Crippen LogP contribution >= 0.6 is 15.9 Å². The first-order chi connectivity index (χ1) is 12.7. The van der Waals surface area contributed by atoms with Gasteiger partial charge in [-0.3, -0.25) is 4.79 Å². The molecule has 0 bridgehead atoms. The monoisotopic (exact) mass is 412 g/mol. The number of rotatable bonds is 6. The zero-order chi connectivity index (χ0) is 18.4. The Balaban J connectivity index is 1.60. The molecule has 3 rings (SSSR count). The van der Waals surface area contributed by atoms with Crippen molar-refractivity contribution in [2.75, 3.05) is 13.7 Å². The highest BCUT2D eigenvalue weighted by Crippen LogP contribution is 2.30. The van der Waals surface area contributed by atoms with Crippen molar-refractivity contribution in [1.82, 2.24) is 5.43 Å². The molecule has 0 atom stereocenters. The molecule has 0 saturated carbocycles. The van der Waals surface area contributed by atoms with E-state index >= 15 is 0 Å². The molecule has 1 N–H and O–H groups in total. The number of nitrogens with zero attached hydrogens (tertiary/aromatic N) is 1. The Morgan fingerprint density at radius 2 is 1.92 bits per heavy atom. The summed E-state index contributed by atoms with van der Waals surface area (Å²) >= 11 is 3.36. The Morgan fingerprint density at radius 3 is 2.77 bits per heavy atom. The van der Waals surface area contributed by atoms with Crippen molar-refractivity contribution in [3.63, 3.8) is 0 Å². The molecule has 26 heavy (non-hydrogen) atoms. The molecule has 5 nitrogen and oxygen atoms in total. The average Bonchev–Trinajstić information content (AvgIpc) is 2.67. The van der Waals surface area contributed by atoms with Gasteiger partial charge in [-0.05, 0) is 29.0 Å². The molecule has 132 valence electrons. The summed E-state index contributed by atoms with van der Waals surface area (Å²) in [7, 11) is 1.54. The lowest BCUT2D eigenvalue weighted by molar-refractivity contribution is -0.123. The van der Waals surface area contributed by atoms with E-state index in [9.17, 15) is 4.79 Å². The van der Waals surface area contributed by atoms with E-state index in [1.807, 2.05) is 48.5 Å². The largest absolute Gasteiger partial charge is 0.493 e. The van der Waals surface area contributed by atoms with Gasteiger partial charge in [0.2, 0.25) is 0 Å². The van der Waals surface area contributed by atoms with E-state index in [0.29, 0.717) is 11.5 Å². The van der Waals surface area contributed by atoms with Crippen LogP contribution in [-0.2, 0) is 4.79 Å². The van der Waals surface area contributed by atoms with Gasteiger partial charge in [-0.2, -0.15) is 5.10 Å². The van der Waals surface area contributed by atoms with Crippen LogP contribution in [0, 0.1) is 0 Å². The zero-order valence-corrected chi connectivity index (χ0v) is 15.7. The molecule has 3 aromatic rings. The van der Waals surface area contributed by atoms with Gasteiger partial charge < -0.3 is 9.47 Å². The molecule has 0 fully saturated rings. The number of hydrogen-bond donors (Lipinski definition) is 1. The van der Waals surface area contributed by atoms with Crippen LogP contribution in [0.1, 0.15) is 5.56 Å². The maximum Gasteiger partial charge on any atom is 0.277 e. The molecule has 0 aliphatic heterocycles. The summed E-state index contributed by atoms with van der Waals surface area (Å²) < 4.78 is 11.6. The molecule has 0 unspecified atom stereocenters. The normalized spacial score (nSPS) is 10.8. The summed E-state index contributed by atoms with van der Waals surface area (Å²) in [6.07, 6.45) is 1.63. The molecule has 3 aromatic carbocycles. The molecule has 0 saturated heterocycles. The third-order valence-electron chi connectivity index (χ3n) is 3.70. The van der Waals surface area contributed by atoms with Gasteiger partial charge in [0.15, 0.2) is 18.1 Å². The predicted molar refractivity (Wildman–Crippen MR) is 106 cm³/mol. The second-order valence-corrected chi connectivity index (χ2v) is 6.36. The quantitative estimate of drug-likeness (QED) is 0.488. The highest BCUT2D eigenvalue weighted by Gasteiger charge is 2.07. The van der Waals surface area contributed by atoms with E-state index in [1.54, 1.807) is 25.5 Å². The van der Waals surface area contributed by atoms with E-state index in [-0.39, 0.29) is 12.5 Å². The Hall–Kier alpha value is -2.86. The van der Waals surface area contributed by atoms with Crippen LogP contribution in [-0.4, -0.2) is 25.8 Å². The summed E-state index contributed by atoms with van der Waals surface area (Å²) in [5, 5.41) is 6.21. The standard InChI is InChI=1S/C20H17BrN2O3/c1-25-19-11-16(21)9-10-18(19)26-13-20(24)23-22-12-15-7-4-6-14-5-2-3-8-17(14)15/h2-12H,13H2,1H3,(H,23,24)/b22-12-. The van der Waals surface area contributed by atoms with Crippen LogP contribution in [0.5, 0.6) is 11.5 Å². The van der Waals surface area contributed by atoms with Crippen molar-refractivity contribution >= 4 is 38.8 Å². The molecule has 6 heteroatoms. The number of fused-ring (bicyclic) bond motifs is 1. The number of methoxy groups -OCH3 is 1. The number of hydrogen-bond acceptors (Lipinski definition) is 4. The van der Waals surface area contributed by atoms with Crippen LogP contribution in [0.15, 0.2) is 70.2 Å². The second-order valence-electron chi connectivity index (χ2n) is 5.45. The Kier molecular flexibility index (Phi) is 5.86. The van der Waals surface area contributed by atoms with E-state index in [2.05, 4.69) is 26.5 Å². The van der Waals surface area contributed by atoms with Gasteiger partial charge in [0.05, 0.1) is 13.3 Å². The smallest absolute Gasteiger partial charge is 0.277 e. The van der Waals surface area contributed by atoms with Crippen LogP contribution in [0.4, 0.5) is 0 Å². The first-order valence-corrected chi connectivity index (χ1v) is 8.72. The maximum atomic E-state index is 11.9. The summed E-state index contributed by atoms with van der Waals surface area (Å²) in [6, 6.07) is 19.2. The van der Waals surface area contributed by atoms with Gasteiger partial charge in [-0.15, -0.1) is 0 Å². The second kappa shape index (κ2) is 8.49. The van der Waals surface area contributed by atoms with Gasteiger partial charge in [-0.25, -0.2) is 5.43 Å². The average molecular weight is 413 g/mol. The van der Waals surface area contributed by atoms with Crippen molar-refractivity contribution in [1.29, 1.82) is 0 Å². The third kappa shape index (κ3) is 4.40. The van der Waals surface area contributed by atoms with Crippen molar-refractivity contribution in [3.8, 4) is 11.5 Å². The number of benzene rings is 3. The van der Waals surface area contributed by atoms with Crippen molar-refractivity contribution < 1.29 is 14.3 Å². The number of carbonyl (C=O) groups is 1. The van der Waals surface area contributed by atoms with E-state index in [4.69, 9.17) is 9.47 Å². The summed E-state index contributed by atoms with van der Waals surface area (Å²) in [6.45, 7) is -0.162. The molecule has 0 aliphatic rings. The number of ether oxygens (including phenoxy) is 2. The maximum absolute atomic E-state index is 11.9. The Bertz CT molecular complexity index is 951. The van der Waals surface area contributed by atoms with Gasteiger partial charge in [-0.1, -0.05) is 58.4 Å². The molecular formula is C20H17BrN2O3.